The molecule has 0 aliphatic rings. The SMILES string of the molecule is CCCCC(=Cc1ccccc1)C(C)=O.O=C(O)O. The molecule has 0 radical (unpaired) electrons. The summed E-state index contributed by atoms with van der Waals surface area (Å²) in [5.74, 6) is 0.187. The van der Waals surface area contributed by atoms with Crippen molar-refractivity contribution in [2.75, 3.05) is 0 Å². The molecule has 19 heavy (non-hydrogen) atoms. The summed E-state index contributed by atoms with van der Waals surface area (Å²) in [6, 6.07) is 10.0. The van der Waals surface area contributed by atoms with E-state index in [1.165, 1.54) is 0 Å². The molecule has 0 amide bonds. The summed E-state index contributed by atoms with van der Waals surface area (Å²) >= 11 is 0. The molecular formula is C15H20O4. The van der Waals surface area contributed by atoms with Crippen LogP contribution in [0.3, 0.4) is 0 Å². The van der Waals surface area contributed by atoms with Gasteiger partial charge in [-0.3, -0.25) is 4.79 Å². The highest BCUT2D eigenvalue weighted by molar-refractivity contribution is 5.97. The Morgan fingerprint density at radius 1 is 1.16 bits per heavy atom. The molecule has 0 fully saturated rings. The monoisotopic (exact) mass is 264 g/mol. The van der Waals surface area contributed by atoms with Crippen LogP contribution in [0.4, 0.5) is 4.79 Å². The number of carboxylic acid groups (broad SMARTS) is 2. The molecule has 0 atom stereocenters. The van der Waals surface area contributed by atoms with Crippen molar-refractivity contribution < 1.29 is 19.8 Å². The Morgan fingerprint density at radius 3 is 2.11 bits per heavy atom. The van der Waals surface area contributed by atoms with Gasteiger partial charge in [0.15, 0.2) is 5.78 Å². The van der Waals surface area contributed by atoms with Crippen LogP contribution in [0.1, 0.15) is 38.7 Å². The van der Waals surface area contributed by atoms with Crippen molar-refractivity contribution in [3.05, 3.63) is 41.5 Å². The quantitative estimate of drug-likeness (QED) is 0.786. The zero-order chi connectivity index (χ0) is 14.7. The number of hydrogen-bond donors (Lipinski definition) is 2. The van der Waals surface area contributed by atoms with Crippen molar-refractivity contribution in [1.82, 2.24) is 0 Å². The van der Waals surface area contributed by atoms with Crippen LogP contribution in [0.15, 0.2) is 35.9 Å². The second kappa shape index (κ2) is 9.88. The normalized spacial score (nSPS) is 10.3. The maximum absolute atomic E-state index is 11.4. The molecule has 104 valence electrons. The molecule has 4 nitrogen and oxygen atoms in total. The van der Waals surface area contributed by atoms with Crippen LogP contribution in [0.5, 0.6) is 0 Å². The van der Waals surface area contributed by atoms with Crippen molar-refractivity contribution in [1.29, 1.82) is 0 Å². The van der Waals surface area contributed by atoms with Gasteiger partial charge in [-0.1, -0.05) is 43.7 Å². The molecule has 0 saturated carbocycles. The lowest BCUT2D eigenvalue weighted by Gasteiger charge is -2.02. The lowest BCUT2D eigenvalue weighted by molar-refractivity contribution is -0.113. The lowest BCUT2D eigenvalue weighted by Crippen LogP contribution is -1.96. The van der Waals surface area contributed by atoms with E-state index in [0.717, 1.165) is 30.4 Å². The molecule has 0 aliphatic carbocycles. The average Bonchev–Trinajstić information content (AvgIpc) is 2.34. The highest BCUT2D eigenvalue weighted by atomic mass is 16.6. The van der Waals surface area contributed by atoms with E-state index >= 15 is 0 Å². The smallest absolute Gasteiger partial charge is 0.450 e. The fraction of sp³-hybridized carbons (Fsp3) is 0.333. The Hall–Kier alpha value is -2.10. The Kier molecular flexibility index (Phi) is 8.79. The summed E-state index contributed by atoms with van der Waals surface area (Å²) < 4.78 is 0. The number of carbonyl (C=O) groups is 2. The fourth-order valence-corrected chi connectivity index (χ4v) is 1.47. The summed E-state index contributed by atoms with van der Waals surface area (Å²) in [5.41, 5.74) is 2.04. The Morgan fingerprint density at radius 2 is 1.68 bits per heavy atom. The van der Waals surface area contributed by atoms with Gasteiger partial charge in [-0.25, -0.2) is 4.79 Å². The van der Waals surface area contributed by atoms with Crippen LogP contribution in [0, 0.1) is 0 Å². The Balaban J connectivity index is 0.000000711. The van der Waals surface area contributed by atoms with Crippen LogP contribution < -0.4 is 0 Å². The van der Waals surface area contributed by atoms with Gasteiger partial charge >= 0.3 is 6.16 Å². The number of rotatable bonds is 5. The number of hydrogen-bond acceptors (Lipinski definition) is 2. The molecule has 0 unspecified atom stereocenters. The van der Waals surface area contributed by atoms with E-state index in [1.54, 1.807) is 6.92 Å². The minimum Gasteiger partial charge on any atom is -0.450 e. The minimum atomic E-state index is -1.83. The molecule has 0 heterocycles. The molecule has 0 bridgehead atoms. The van der Waals surface area contributed by atoms with Gasteiger partial charge in [0, 0.05) is 0 Å². The molecule has 4 heteroatoms. The molecule has 1 aromatic rings. The summed E-state index contributed by atoms with van der Waals surface area (Å²) in [6.45, 7) is 3.78. The largest absolute Gasteiger partial charge is 0.503 e. The number of unbranched alkanes of at least 4 members (excludes halogenated alkanes) is 1. The molecular weight excluding hydrogens is 244 g/mol. The number of carbonyl (C=O) groups excluding carboxylic acids is 1. The Labute approximate surface area is 113 Å². The van der Waals surface area contributed by atoms with E-state index in [-0.39, 0.29) is 5.78 Å². The van der Waals surface area contributed by atoms with Gasteiger partial charge < -0.3 is 10.2 Å². The molecule has 0 spiro atoms. The molecule has 1 rings (SSSR count). The lowest BCUT2D eigenvalue weighted by atomic mass is 10.0. The maximum Gasteiger partial charge on any atom is 0.503 e. The van der Waals surface area contributed by atoms with Gasteiger partial charge in [-0.2, -0.15) is 0 Å². The van der Waals surface area contributed by atoms with E-state index in [9.17, 15) is 4.79 Å². The summed E-state index contributed by atoms with van der Waals surface area (Å²) in [7, 11) is 0. The Bertz CT molecular complexity index is 417. The first-order valence-corrected chi connectivity index (χ1v) is 6.15. The first kappa shape index (κ1) is 16.9. The molecule has 0 aliphatic heterocycles. The highest BCUT2D eigenvalue weighted by Gasteiger charge is 2.02. The van der Waals surface area contributed by atoms with Crippen LogP contribution >= 0.6 is 0 Å². The first-order chi connectivity index (χ1) is 8.97. The van der Waals surface area contributed by atoms with E-state index in [2.05, 4.69) is 6.92 Å². The number of allylic oxidation sites excluding steroid dienone is 1. The van der Waals surface area contributed by atoms with E-state index in [1.807, 2.05) is 36.4 Å². The predicted octanol–water partition coefficient (Wildman–Crippen LogP) is 4.07. The van der Waals surface area contributed by atoms with Crippen LogP contribution in [-0.2, 0) is 4.79 Å². The van der Waals surface area contributed by atoms with Gasteiger partial charge in [0.2, 0.25) is 0 Å². The van der Waals surface area contributed by atoms with E-state index < -0.39 is 6.16 Å². The summed E-state index contributed by atoms with van der Waals surface area (Å²) in [4.78, 5) is 19.9. The predicted molar refractivity (Wildman–Crippen MR) is 75.3 cm³/mol. The van der Waals surface area contributed by atoms with Crippen molar-refractivity contribution in [3.8, 4) is 0 Å². The molecule has 1 aromatic carbocycles. The van der Waals surface area contributed by atoms with Crippen molar-refractivity contribution in [2.45, 2.75) is 33.1 Å². The van der Waals surface area contributed by atoms with Gasteiger partial charge in [0.1, 0.15) is 0 Å². The van der Waals surface area contributed by atoms with Crippen LogP contribution in [0.25, 0.3) is 6.08 Å². The molecule has 2 N–H and O–H groups in total. The summed E-state index contributed by atoms with van der Waals surface area (Å²) in [5, 5.41) is 13.9. The number of Topliss-reactive ketones (excluding diaryl/α,β-unsaturated/α-hetero) is 1. The number of ketones is 1. The fourth-order valence-electron chi connectivity index (χ4n) is 1.47. The third-order valence-electron chi connectivity index (χ3n) is 2.39. The topological polar surface area (TPSA) is 74.6 Å². The first-order valence-electron chi connectivity index (χ1n) is 6.15. The van der Waals surface area contributed by atoms with Gasteiger partial charge in [-0.05, 0) is 37.0 Å². The minimum absolute atomic E-state index is 0.187. The zero-order valence-electron chi connectivity index (χ0n) is 11.3. The van der Waals surface area contributed by atoms with Gasteiger partial charge in [-0.15, -0.1) is 0 Å². The average molecular weight is 264 g/mol. The van der Waals surface area contributed by atoms with Gasteiger partial charge in [0.25, 0.3) is 0 Å². The van der Waals surface area contributed by atoms with Crippen molar-refractivity contribution in [3.63, 3.8) is 0 Å². The van der Waals surface area contributed by atoms with Gasteiger partial charge in [0.05, 0.1) is 0 Å². The third kappa shape index (κ3) is 9.59. The second-order valence-electron chi connectivity index (χ2n) is 4.02. The van der Waals surface area contributed by atoms with Crippen molar-refractivity contribution in [2.24, 2.45) is 0 Å². The molecule has 0 saturated heterocycles. The standard InChI is InChI=1S/C14H18O.CH2O3/c1-3-4-10-14(12(2)15)11-13-8-6-5-7-9-13;2-1(3)4/h5-9,11H,3-4,10H2,1-2H3;(H2,2,3,4). The number of benzene rings is 1. The van der Waals surface area contributed by atoms with E-state index in [4.69, 9.17) is 15.0 Å². The van der Waals surface area contributed by atoms with E-state index in [0.29, 0.717) is 0 Å². The molecule has 0 aromatic heterocycles. The third-order valence-corrected chi connectivity index (χ3v) is 2.39. The maximum atomic E-state index is 11.4. The summed E-state index contributed by atoms with van der Waals surface area (Å²) in [6.07, 6.45) is 3.26. The van der Waals surface area contributed by atoms with Crippen LogP contribution in [0.2, 0.25) is 0 Å². The van der Waals surface area contributed by atoms with Crippen LogP contribution in [-0.4, -0.2) is 22.2 Å². The van der Waals surface area contributed by atoms with Crippen molar-refractivity contribution >= 4 is 18.0 Å². The second-order valence-corrected chi connectivity index (χ2v) is 4.02. The highest BCUT2D eigenvalue weighted by Crippen LogP contribution is 2.13. The zero-order valence-corrected chi connectivity index (χ0v) is 11.3.